The van der Waals surface area contributed by atoms with Crippen LogP contribution in [0, 0.1) is 22.7 Å². The van der Waals surface area contributed by atoms with Crippen LogP contribution < -0.4 is 0 Å². The molecule has 2 aliphatic carbocycles. The number of aromatic nitrogens is 10. The van der Waals surface area contributed by atoms with E-state index in [1.165, 1.54) is 44.5 Å². The molecule has 0 saturated carbocycles. The number of hydrogen-bond acceptors (Lipinski definition) is 10. The van der Waals surface area contributed by atoms with Gasteiger partial charge < -0.3 is 27.1 Å². The molecule has 0 N–H and O–H groups in total. The van der Waals surface area contributed by atoms with Crippen LogP contribution in [0.4, 0.5) is 0 Å². The zero-order valence-corrected chi connectivity index (χ0v) is 80.8. The maximum absolute atomic E-state index is 11.3. The molecule has 20 aromatic carbocycles. The van der Waals surface area contributed by atoms with Crippen LogP contribution in [0.15, 0.2) is 446 Å². The highest BCUT2D eigenvalue weighted by Gasteiger charge is 2.39. The summed E-state index contributed by atoms with van der Waals surface area (Å²) in [6.45, 7) is 9.33. The third-order valence-electron chi connectivity index (χ3n) is 30.9. The maximum atomic E-state index is 11.3. The lowest BCUT2D eigenvalue weighted by Gasteiger charge is -2.22. The number of hydrogen-bond donors (Lipinski definition) is 0. The van der Waals surface area contributed by atoms with Crippen molar-refractivity contribution in [3.63, 3.8) is 0 Å². The molecule has 0 amide bonds. The van der Waals surface area contributed by atoms with Crippen molar-refractivity contribution < 1.29 is 8.83 Å². The first kappa shape index (κ1) is 85.0. The summed E-state index contributed by atoms with van der Waals surface area (Å²) in [4.78, 5) is 31.3. The minimum atomic E-state index is -0.153. The second-order valence-electron chi connectivity index (χ2n) is 39.6. The lowest BCUT2D eigenvalue weighted by molar-refractivity contribution is 0.660. The summed E-state index contributed by atoms with van der Waals surface area (Å²) in [7, 11) is 0. The predicted octanol–water partition coefficient (Wildman–Crippen LogP) is 33.6. The van der Waals surface area contributed by atoms with Crippen LogP contribution in [0.2, 0.25) is 0 Å². The minimum Gasteiger partial charge on any atom is -0.455 e. The molecule has 2 aliphatic rings. The average molecular weight is 1890 g/mol. The minimum absolute atomic E-state index is 0.152. The number of nitrogens with zero attached hydrogens (tertiary/aromatic N) is 12. The molecule has 0 unspecified atom stereocenters. The Labute approximate surface area is 849 Å². The highest BCUT2D eigenvalue weighted by molar-refractivity contribution is 6.28. The van der Waals surface area contributed by atoms with Crippen molar-refractivity contribution in [1.82, 2.24) is 48.2 Å². The Balaban J connectivity index is 0.000000140. The van der Waals surface area contributed by atoms with E-state index < -0.39 is 0 Å². The third kappa shape index (κ3) is 12.9. The number of para-hydroxylation sites is 8. The van der Waals surface area contributed by atoms with E-state index in [1.807, 2.05) is 146 Å². The molecule has 30 rings (SSSR count). The van der Waals surface area contributed by atoms with E-state index in [4.69, 9.17) is 38.7 Å². The molecule has 14 heteroatoms. The van der Waals surface area contributed by atoms with E-state index in [2.05, 4.69) is 349 Å². The molecule has 0 radical (unpaired) electrons. The van der Waals surface area contributed by atoms with Crippen LogP contribution in [-0.4, -0.2) is 48.2 Å². The van der Waals surface area contributed by atoms with Crippen molar-refractivity contribution in [3.8, 4) is 148 Å². The summed E-state index contributed by atoms with van der Waals surface area (Å²) in [5, 5.41) is 35.6. The van der Waals surface area contributed by atoms with Crippen molar-refractivity contribution in [1.29, 1.82) is 10.5 Å². The Kier molecular flexibility index (Phi) is 18.9. The van der Waals surface area contributed by atoms with E-state index in [0.717, 1.165) is 187 Å². The van der Waals surface area contributed by atoms with E-state index in [-0.39, 0.29) is 10.8 Å². The first-order chi connectivity index (χ1) is 72.8. The second kappa shape index (κ2) is 32.9. The topological polar surface area (TPSA) is 171 Å². The largest absolute Gasteiger partial charge is 0.455 e. The van der Waals surface area contributed by atoms with Crippen LogP contribution in [0.1, 0.15) is 61.1 Å². The van der Waals surface area contributed by atoms with E-state index in [9.17, 15) is 10.5 Å². The van der Waals surface area contributed by atoms with Crippen LogP contribution in [0.3, 0.4) is 0 Å². The average Bonchev–Trinajstić information content (AvgIpc) is 1.54. The van der Waals surface area contributed by atoms with E-state index in [1.54, 1.807) is 0 Å². The molecule has 0 aliphatic heterocycles. The first-order valence-electron chi connectivity index (χ1n) is 50.0. The van der Waals surface area contributed by atoms with Gasteiger partial charge in [-0.25, -0.2) is 29.9 Å². The summed E-state index contributed by atoms with van der Waals surface area (Å²) in [6, 6.07) is 158. The van der Waals surface area contributed by atoms with Gasteiger partial charge in [0.25, 0.3) is 0 Å². The van der Waals surface area contributed by atoms with Crippen molar-refractivity contribution in [2.45, 2.75) is 38.5 Å². The van der Waals surface area contributed by atoms with E-state index >= 15 is 0 Å². The molecule has 8 heterocycles. The molecule has 0 saturated heterocycles. The molecule has 0 atom stereocenters. The molecule has 14 nitrogen and oxygen atoms in total. The quantitative estimate of drug-likeness (QED) is 0.115. The van der Waals surface area contributed by atoms with Crippen LogP contribution in [0.5, 0.6) is 0 Å². The Morgan fingerprint density at radius 1 is 0.216 bits per heavy atom. The van der Waals surface area contributed by atoms with Gasteiger partial charge in [0.05, 0.1) is 77.8 Å². The van der Waals surface area contributed by atoms with Gasteiger partial charge in [-0.3, -0.25) is 0 Å². The van der Waals surface area contributed by atoms with Gasteiger partial charge in [-0.05, 0) is 194 Å². The van der Waals surface area contributed by atoms with Gasteiger partial charge in [0, 0.05) is 109 Å². The fourth-order valence-corrected chi connectivity index (χ4v) is 24.0. The molecular weight excluding hydrogens is 1810 g/mol. The Morgan fingerprint density at radius 3 is 1.03 bits per heavy atom. The standard InChI is InChI=1S/2C67H42N6O/c1-67(2)54-26-10-6-20-46(54)47-32-31-45(38-55(47)67)72-58-28-12-8-23-52(58)61-59(72)35-33-50-48-21-7-11-27-57(48)73(62(50)61)56-34-30-43(37-44(56)39-68)65-69-64(42-19-14-18-41(36-42)40-16-4-3-5-17-40)70-66(71-65)53-25-15-24-51-49-22-9-13-29-60(49)74-63(51)53;1-67(2)54-27-12-8-20-45(54)46-33-32-43(38-55(46)67)72-58-29-14-10-24-52(58)61-59(72)36-34-49-47-21-9-13-28-57(47)73(62(49)61)56-35-31-41(37-42(56)39-68)64-69-65(51-23-7-6-19-44(51)40-17-4-3-5-18-40)71-66(70-64)53-26-16-25-50-48-22-11-15-30-60(48)74-63(50)53/h2*3-38H,1-2H3. The van der Waals surface area contributed by atoms with Crippen LogP contribution >= 0.6 is 0 Å². The van der Waals surface area contributed by atoms with Crippen LogP contribution in [-0.2, 0) is 10.8 Å². The lowest BCUT2D eigenvalue weighted by Crippen LogP contribution is -2.15. The Hall–Kier alpha value is -19.8. The van der Waals surface area contributed by atoms with Gasteiger partial charge in [0.2, 0.25) is 0 Å². The third-order valence-corrected chi connectivity index (χ3v) is 30.9. The summed E-state index contributed by atoms with van der Waals surface area (Å²) in [5.74, 6) is 2.85. The number of furan rings is 2. The van der Waals surface area contributed by atoms with Crippen molar-refractivity contribution in [3.05, 3.63) is 470 Å². The molecule has 0 bridgehead atoms. The molecule has 28 aromatic rings. The molecule has 0 spiro atoms. The maximum Gasteiger partial charge on any atom is 0.167 e. The molecular formula is C134H84N12O2. The summed E-state index contributed by atoms with van der Waals surface area (Å²) >= 11 is 0. The van der Waals surface area contributed by atoms with Gasteiger partial charge in [-0.2, -0.15) is 10.5 Å². The lowest BCUT2D eigenvalue weighted by atomic mass is 9.82. The van der Waals surface area contributed by atoms with Crippen LogP contribution in [0.25, 0.3) is 267 Å². The first-order valence-corrected chi connectivity index (χ1v) is 50.0. The highest BCUT2D eigenvalue weighted by Crippen LogP contribution is 2.55. The fraction of sp³-hybridized carbons (Fsp3) is 0.0448. The molecule has 148 heavy (non-hydrogen) atoms. The van der Waals surface area contributed by atoms with Gasteiger partial charge in [-0.15, -0.1) is 0 Å². The van der Waals surface area contributed by atoms with Gasteiger partial charge >= 0.3 is 0 Å². The van der Waals surface area contributed by atoms with Gasteiger partial charge in [0.1, 0.15) is 34.5 Å². The zero-order valence-electron chi connectivity index (χ0n) is 80.8. The molecule has 8 aromatic heterocycles. The Morgan fingerprint density at radius 2 is 0.554 bits per heavy atom. The normalized spacial score (nSPS) is 12.8. The van der Waals surface area contributed by atoms with Crippen molar-refractivity contribution >= 4 is 131 Å². The van der Waals surface area contributed by atoms with E-state index in [0.29, 0.717) is 68.4 Å². The highest BCUT2D eigenvalue weighted by atomic mass is 16.3. The fourth-order valence-electron chi connectivity index (χ4n) is 24.0. The Bertz CT molecular complexity index is 10600. The number of rotatable bonds is 12. The monoisotopic (exact) mass is 1890 g/mol. The zero-order chi connectivity index (χ0) is 98.5. The SMILES string of the molecule is CC1(C)c2ccccc2-c2ccc(-n3c4ccccc4c4c3ccc3c5ccccc5n(-c5ccc(-c6nc(-c7cccc(-c8ccccc8)c7)nc(-c7cccc8c7oc7ccccc78)n6)cc5C#N)c34)cc21.CC1(C)c2ccccc2-c2ccc(-n3c4ccccc4c4c3ccc3c5ccccc5n(-c5ccc(-c6nc(-c7ccccc7-c7ccccc7)nc(-c7cccc8c7oc7ccccc78)n6)cc5C#N)c34)cc21. The number of nitriles is 2. The number of benzene rings is 20. The summed E-state index contributed by atoms with van der Waals surface area (Å²) in [6.07, 6.45) is 0. The second-order valence-corrected chi connectivity index (χ2v) is 39.6. The van der Waals surface area contributed by atoms with Gasteiger partial charge in [0.15, 0.2) is 34.9 Å². The number of fused-ring (bicyclic) bond motifs is 26. The van der Waals surface area contributed by atoms with Gasteiger partial charge in [-0.1, -0.05) is 337 Å². The summed E-state index contributed by atoms with van der Waals surface area (Å²) in [5.41, 5.74) is 35.2. The smallest absolute Gasteiger partial charge is 0.167 e. The predicted molar refractivity (Wildman–Crippen MR) is 600 cm³/mol. The van der Waals surface area contributed by atoms with Crippen molar-refractivity contribution in [2.75, 3.05) is 0 Å². The molecule has 0 fully saturated rings. The summed E-state index contributed by atoms with van der Waals surface area (Å²) < 4.78 is 22.5. The van der Waals surface area contributed by atoms with Crippen molar-refractivity contribution in [2.24, 2.45) is 0 Å². The molecule has 692 valence electrons.